The summed E-state index contributed by atoms with van der Waals surface area (Å²) >= 11 is 0. The standard InChI is InChI=1S/C25H33N3O4S/c1-17-15-18(2)22(19(3)16-17)7-8-23-24(20(4)26-32-23)33(30,31)28-13-9-21(10-14-28)25(29)27-11-5-6-12-27/h7-8,15-16,21H,5-6,9-14H2,1-4H3. The second-order valence-corrected chi connectivity index (χ2v) is 11.2. The zero-order chi connectivity index (χ0) is 23.8. The highest BCUT2D eigenvalue weighted by Crippen LogP contribution is 2.30. The van der Waals surface area contributed by atoms with Crippen LogP contribution in [0.2, 0.25) is 0 Å². The number of carbonyl (C=O) groups is 1. The molecule has 0 aliphatic carbocycles. The number of aryl methyl sites for hydroxylation is 4. The summed E-state index contributed by atoms with van der Waals surface area (Å²) in [5.74, 6) is 0.324. The fraction of sp³-hybridized carbons (Fsp3) is 0.520. The topological polar surface area (TPSA) is 83.7 Å². The molecule has 2 aliphatic heterocycles. The zero-order valence-electron chi connectivity index (χ0n) is 19.9. The third-order valence-electron chi connectivity index (χ3n) is 6.79. The number of nitrogens with zero attached hydrogens (tertiary/aromatic N) is 3. The van der Waals surface area contributed by atoms with Crippen molar-refractivity contribution in [2.45, 2.75) is 58.3 Å². The predicted octanol–water partition coefficient (Wildman–Crippen LogP) is 4.10. The maximum atomic E-state index is 13.5. The first-order chi connectivity index (χ1) is 15.7. The van der Waals surface area contributed by atoms with Crippen LogP contribution in [0.3, 0.4) is 0 Å². The van der Waals surface area contributed by atoms with Gasteiger partial charge in [0.05, 0.1) is 0 Å². The largest absolute Gasteiger partial charge is 0.355 e. The molecular weight excluding hydrogens is 438 g/mol. The van der Waals surface area contributed by atoms with Crippen molar-refractivity contribution >= 4 is 28.1 Å². The highest BCUT2D eigenvalue weighted by atomic mass is 32.2. The molecule has 0 unspecified atom stereocenters. The van der Waals surface area contributed by atoms with Gasteiger partial charge in [-0.15, -0.1) is 0 Å². The summed E-state index contributed by atoms with van der Waals surface area (Å²) in [7, 11) is -3.78. The number of hydrogen-bond donors (Lipinski definition) is 0. The summed E-state index contributed by atoms with van der Waals surface area (Å²) in [6.45, 7) is 10.1. The summed E-state index contributed by atoms with van der Waals surface area (Å²) in [6, 6.07) is 4.20. The van der Waals surface area contributed by atoms with E-state index in [1.165, 1.54) is 9.87 Å². The second kappa shape index (κ2) is 9.43. The Labute approximate surface area is 196 Å². The summed E-state index contributed by atoms with van der Waals surface area (Å²) < 4.78 is 33.9. The molecule has 2 saturated heterocycles. The minimum Gasteiger partial charge on any atom is -0.355 e. The fourth-order valence-corrected chi connectivity index (χ4v) is 6.80. The smallest absolute Gasteiger partial charge is 0.248 e. The molecule has 1 amide bonds. The number of carbonyl (C=O) groups excluding carboxylic acids is 1. The molecule has 1 aromatic heterocycles. The molecular formula is C25H33N3O4S. The molecule has 2 fully saturated rings. The summed E-state index contributed by atoms with van der Waals surface area (Å²) in [5, 5.41) is 3.95. The Balaban J connectivity index is 1.52. The van der Waals surface area contributed by atoms with E-state index in [2.05, 4.69) is 24.2 Å². The van der Waals surface area contributed by atoms with Gasteiger partial charge < -0.3 is 9.42 Å². The predicted molar refractivity (Wildman–Crippen MR) is 128 cm³/mol. The Morgan fingerprint density at radius 2 is 1.61 bits per heavy atom. The monoisotopic (exact) mass is 471 g/mol. The van der Waals surface area contributed by atoms with Crippen molar-refractivity contribution < 1.29 is 17.7 Å². The molecule has 0 radical (unpaired) electrons. The quantitative estimate of drug-likeness (QED) is 0.656. The van der Waals surface area contributed by atoms with E-state index in [1.54, 1.807) is 13.0 Å². The van der Waals surface area contributed by atoms with E-state index in [0.717, 1.165) is 42.6 Å². The van der Waals surface area contributed by atoms with Crippen LogP contribution in [-0.2, 0) is 14.8 Å². The van der Waals surface area contributed by atoms with Crippen LogP contribution in [0.1, 0.15) is 59.4 Å². The molecule has 178 valence electrons. The minimum absolute atomic E-state index is 0.0926. The molecule has 0 spiro atoms. The highest BCUT2D eigenvalue weighted by molar-refractivity contribution is 7.89. The highest BCUT2D eigenvalue weighted by Gasteiger charge is 2.37. The molecule has 0 saturated carbocycles. The van der Waals surface area contributed by atoms with Crippen LogP contribution >= 0.6 is 0 Å². The van der Waals surface area contributed by atoms with E-state index in [1.807, 2.05) is 24.8 Å². The Morgan fingerprint density at radius 3 is 2.21 bits per heavy atom. The van der Waals surface area contributed by atoms with Gasteiger partial charge in [-0.1, -0.05) is 28.9 Å². The van der Waals surface area contributed by atoms with Crippen LogP contribution < -0.4 is 0 Å². The van der Waals surface area contributed by atoms with Crippen LogP contribution in [0.25, 0.3) is 12.2 Å². The molecule has 4 rings (SSSR count). The third kappa shape index (κ3) is 4.77. The van der Waals surface area contributed by atoms with Crippen LogP contribution in [0.4, 0.5) is 0 Å². The average Bonchev–Trinajstić information content (AvgIpc) is 3.43. The first kappa shape index (κ1) is 23.7. The lowest BCUT2D eigenvalue weighted by atomic mass is 9.97. The Hall–Kier alpha value is -2.45. The van der Waals surface area contributed by atoms with Gasteiger partial charge >= 0.3 is 0 Å². The molecule has 0 atom stereocenters. The molecule has 3 heterocycles. The number of rotatable bonds is 5. The lowest BCUT2D eigenvalue weighted by molar-refractivity contribution is -0.135. The van der Waals surface area contributed by atoms with Crippen molar-refractivity contribution in [1.82, 2.24) is 14.4 Å². The van der Waals surface area contributed by atoms with E-state index >= 15 is 0 Å². The van der Waals surface area contributed by atoms with Gasteiger partial charge in [-0.2, -0.15) is 4.31 Å². The van der Waals surface area contributed by atoms with Crippen LogP contribution in [0, 0.1) is 33.6 Å². The fourth-order valence-electron chi connectivity index (χ4n) is 5.08. The Kier molecular flexibility index (Phi) is 6.77. The van der Waals surface area contributed by atoms with Crippen molar-refractivity contribution in [3.05, 3.63) is 45.8 Å². The Bertz CT molecular complexity index is 1150. The average molecular weight is 472 g/mol. The normalized spacial score (nSPS) is 18.5. The first-order valence-electron chi connectivity index (χ1n) is 11.7. The van der Waals surface area contributed by atoms with Gasteiger partial charge in [-0.05, 0) is 76.1 Å². The van der Waals surface area contributed by atoms with Crippen molar-refractivity contribution in [1.29, 1.82) is 0 Å². The van der Waals surface area contributed by atoms with Crippen LogP contribution in [0.5, 0.6) is 0 Å². The maximum Gasteiger partial charge on any atom is 0.248 e. The molecule has 0 N–H and O–H groups in total. The maximum absolute atomic E-state index is 13.5. The number of benzene rings is 1. The summed E-state index contributed by atoms with van der Waals surface area (Å²) in [6.07, 6.45) is 6.80. The zero-order valence-corrected chi connectivity index (χ0v) is 20.7. The number of aromatic nitrogens is 1. The number of likely N-dealkylation sites (tertiary alicyclic amines) is 1. The molecule has 33 heavy (non-hydrogen) atoms. The molecule has 2 aromatic rings. The van der Waals surface area contributed by atoms with Crippen LogP contribution in [-0.4, -0.2) is 54.9 Å². The van der Waals surface area contributed by atoms with Gasteiger partial charge in [-0.3, -0.25) is 4.79 Å². The molecule has 7 nitrogen and oxygen atoms in total. The van der Waals surface area contributed by atoms with Gasteiger partial charge in [-0.25, -0.2) is 8.42 Å². The first-order valence-corrected chi connectivity index (χ1v) is 13.1. The third-order valence-corrected chi connectivity index (χ3v) is 8.85. The van der Waals surface area contributed by atoms with Gasteiger partial charge in [0.25, 0.3) is 0 Å². The van der Waals surface area contributed by atoms with Gasteiger partial charge in [0.2, 0.25) is 15.9 Å². The van der Waals surface area contributed by atoms with Crippen LogP contribution in [0.15, 0.2) is 21.6 Å². The number of amides is 1. The van der Waals surface area contributed by atoms with Gasteiger partial charge in [0.15, 0.2) is 10.7 Å². The Morgan fingerprint density at radius 1 is 1.00 bits per heavy atom. The molecule has 8 heteroatoms. The van der Waals surface area contributed by atoms with Crippen molar-refractivity contribution in [3.8, 4) is 0 Å². The lowest BCUT2D eigenvalue weighted by Gasteiger charge is -2.32. The van der Waals surface area contributed by atoms with Crippen molar-refractivity contribution in [2.75, 3.05) is 26.2 Å². The van der Waals surface area contributed by atoms with E-state index in [4.69, 9.17) is 4.52 Å². The van der Waals surface area contributed by atoms with E-state index < -0.39 is 10.0 Å². The SMILES string of the molecule is Cc1cc(C)c(C=Cc2onc(C)c2S(=O)(=O)N2CCC(C(=O)N3CCCC3)CC2)c(C)c1. The molecule has 0 bridgehead atoms. The van der Waals surface area contributed by atoms with Gasteiger partial charge in [0.1, 0.15) is 5.69 Å². The summed E-state index contributed by atoms with van der Waals surface area (Å²) in [4.78, 5) is 14.8. The molecule has 1 aromatic carbocycles. The van der Waals surface area contributed by atoms with E-state index in [-0.39, 0.29) is 22.5 Å². The minimum atomic E-state index is -3.78. The van der Waals surface area contributed by atoms with Gasteiger partial charge in [0, 0.05) is 32.1 Å². The lowest BCUT2D eigenvalue weighted by Crippen LogP contribution is -2.43. The number of piperidine rings is 1. The number of sulfonamides is 1. The van der Waals surface area contributed by atoms with Crippen molar-refractivity contribution in [2.24, 2.45) is 5.92 Å². The number of hydrogen-bond acceptors (Lipinski definition) is 5. The second-order valence-electron chi connectivity index (χ2n) is 9.32. The van der Waals surface area contributed by atoms with E-state index in [9.17, 15) is 13.2 Å². The molecule has 2 aliphatic rings. The van der Waals surface area contributed by atoms with E-state index in [0.29, 0.717) is 31.6 Å². The van der Waals surface area contributed by atoms with Crippen molar-refractivity contribution in [3.63, 3.8) is 0 Å². The summed E-state index contributed by atoms with van der Waals surface area (Å²) in [5.41, 5.74) is 4.82.